The van der Waals surface area contributed by atoms with Gasteiger partial charge in [0.25, 0.3) is 0 Å². The van der Waals surface area contributed by atoms with Gasteiger partial charge in [-0.15, -0.1) is 0 Å². The lowest BCUT2D eigenvalue weighted by molar-refractivity contribution is -0.128. The monoisotopic (exact) mass is 423 g/mol. The molecular formula is C24H29N3O4. The molecule has 2 aromatic carbocycles. The van der Waals surface area contributed by atoms with Gasteiger partial charge in [-0.05, 0) is 69.0 Å². The van der Waals surface area contributed by atoms with Crippen LogP contribution in [0.3, 0.4) is 0 Å². The molecule has 7 heteroatoms. The molecule has 0 radical (unpaired) electrons. The van der Waals surface area contributed by atoms with Gasteiger partial charge < -0.3 is 25.0 Å². The molecule has 1 saturated heterocycles. The van der Waals surface area contributed by atoms with Gasteiger partial charge in [-0.3, -0.25) is 4.79 Å². The van der Waals surface area contributed by atoms with Crippen LogP contribution >= 0.6 is 0 Å². The average Bonchev–Trinajstić information content (AvgIpc) is 3.21. The largest absolute Gasteiger partial charge is 0.454 e. The Kier molecular flexibility index (Phi) is 5.76. The molecule has 2 aromatic rings. The van der Waals surface area contributed by atoms with Crippen molar-refractivity contribution in [1.82, 2.24) is 10.2 Å². The molecule has 2 aliphatic rings. The summed E-state index contributed by atoms with van der Waals surface area (Å²) in [5.74, 6) is 1.12. The zero-order chi connectivity index (χ0) is 22.0. The van der Waals surface area contributed by atoms with E-state index in [1.165, 1.54) is 0 Å². The van der Waals surface area contributed by atoms with Crippen molar-refractivity contribution in [3.05, 3.63) is 53.6 Å². The summed E-state index contributed by atoms with van der Waals surface area (Å²) in [6.45, 7) is 7.18. The minimum absolute atomic E-state index is 0.0456. The van der Waals surface area contributed by atoms with E-state index in [1.54, 1.807) is 4.90 Å². The predicted octanol–water partition coefficient (Wildman–Crippen LogP) is 4.02. The average molecular weight is 424 g/mol. The van der Waals surface area contributed by atoms with Crippen LogP contribution in [0.4, 0.5) is 10.5 Å². The minimum atomic E-state index is -0.579. The third kappa shape index (κ3) is 4.76. The molecular weight excluding hydrogens is 394 g/mol. The number of aryl methyl sites for hydroxylation is 1. The smallest absolute Gasteiger partial charge is 0.321 e. The SMILES string of the molecule is Cc1cccc(NC(=O)N2CCCC(C(=O)NC(C)(C)c3ccc4c(c3)OCO4)C2)c1. The number of rotatable bonds is 4. The highest BCUT2D eigenvalue weighted by Crippen LogP contribution is 2.35. The fraction of sp³-hybridized carbons (Fsp3) is 0.417. The number of ether oxygens (including phenoxy) is 2. The molecule has 164 valence electrons. The van der Waals surface area contributed by atoms with Gasteiger partial charge >= 0.3 is 6.03 Å². The first-order valence-electron chi connectivity index (χ1n) is 10.7. The Labute approximate surface area is 182 Å². The first-order valence-corrected chi connectivity index (χ1v) is 10.7. The number of hydrogen-bond acceptors (Lipinski definition) is 4. The van der Waals surface area contributed by atoms with E-state index in [2.05, 4.69) is 10.6 Å². The number of carbonyl (C=O) groups excluding carboxylic acids is 2. The molecule has 0 aromatic heterocycles. The maximum absolute atomic E-state index is 13.1. The van der Waals surface area contributed by atoms with Crippen molar-refractivity contribution >= 4 is 17.6 Å². The second-order valence-corrected chi connectivity index (χ2v) is 8.77. The van der Waals surface area contributed by atoms with Gasteiger partial charge in [-0.25, -0.2) is 4.79 Å². The zero-order valence-corrected chi connectivity index (χ0v) is 18.2. The molecule has 1 unspecified atom stereocenters. The molecule has 2 heterocycles. The normalized spacial score (nSPS) is 17.9. The van der Waals surface area contributed by atoms with Crippen molar-refractivity contribution in [3.8, 4) is 11.5 Å². The highest BCUT2D eigenvalue weighted by molar-refractivity contribution is 5.90. The van der Waals surface area contributed by atoms with Gasteiger partial charge in [0.15, 0.2) is 11.5 Å². The summed E-state index contributed by atoms with van der Waals surface area (Å²) in [5.41, 5.74) is 2.21. The highest BCUT2D eigenvalue weighted by atomic mass is 16.7. The number of piperidine rings is 1. The van der Waals surface area contributed by atoms with E-state index in [-0.39, 0.29) is 24.6 Å². The lowest BCUT2D eigenvalue weighted by atomic mass is 9.91. The van der Waals surface area contributed by atoms with Crippen LogP contribution in [-0.2, 0) is 10.3 Å². The van der Waals surface area contributed by atoms with Crippen molar-refractivity contribution in [2.24, 2.45) is 5.92 Å². The quantitative estimate of drug-likeness (QED) is 0.779. The number of amides is 3. The molecule has 4 rings (SSSR count). The van der Waals surface area contributed by atoms with Crippen LogP contribution in [0.15, 0.2) is 42.5 Å². The number of nitrogens with zero attached hydrogens (tertiary/aromatic N) is 1. The Morgan fingerprint density at radius 3 is 2.71 bits per heavy atom. The van der Waals surface area contributed by atoms with Gasteiger partial charge in [0.05, 0.1) is 11.5 Å². The third-order valence-electron chi connectivity index (χ3n) is 5.88. The summed E-state index contributed by atoms with van der Waals surface area (Å²) in [6.07, 6.45) is 1.56. The number of likely N-dealkylation sites (tertiary alicyclic amines) is 1. The second kappa shape index (κ2) is 8.49. The van der Waals surface area contributed by atoms with Crippen molar-refractivity contribution in [2.75, 3.05) is 25.2 Å². The standard InChI is InChI=1S/C24H29N3O4/c1-16-6-4-8-19(12-16)25-23(29)27-11-5-7-17(14-27)22(28)26-24(2,3)18-9-10-20-21(13-18)31-15-30-20/h4,6,8-10,12-13,17H,5,7,11,14-15H2,1-3H3,(H,25,29)(H,26,28). The molecule has 3 amide bonds. The van der Waals surface area contributed by atoms with Crippen LogP contribution < -0.4 is 20.1 Å². The fourth-order valence-electron chi connectivity index (χ4n) is 4.07. The number of urea groups is 1. The Bertz CT molecular complexity index is 989. The zero-order valence-electron chi connectivity index (χ0n) is 18.2. The number of nitrogens with one attached hydrogen (secondary N) is 2. The topological polar surface area (TPSA) is 79.9 Å². The first-order chi connectivity index (χ1) is 14.8. The molecule has 1 atom stereocenters. The van der Waals surface area contributed by atoms with Crippen LogP contribution in [0.2, 0.25) is 0 Å². The molecule has 1 fully saturated rings. The maximum Gasteiger partial charge on any atom is 0.321 e. The van der Waals surface area contributed by atoms with E-state index < -0.39 is 5.54 Å². The molecule has 0 aliphatic carbocycles. The van der Waals surface area contributed by atoms with Crippen LogP contribution in [0.1, 0.15) is 37.8 Å². The van der Waals surface area contributed by atoms with Gasteiger partial charge in [0.2, 0.25) is 12.7 Å². The summed E-state index contributed by atoms with van der Waals surface area (Å²) in [5, 5.41) is 6.10. The molecule has 2 N–H and O–H groups in total. The first kappa shape index (κ1) is 21.0. The van der Waals surface area contributed by atoms with Crippen LogP contribution in [0, 0.1) is 12.8 Å². The third-order valence-corrected chi connectivity index (χ3v) is 5.88. The van der Waals surface area contributed by atoms with Gasteiger partial charge in [0, 0.05) is 18.8 Å². The van der Waals surface area contributed by atoms with Gasteiger partial charge in [-0.2, -0.15) is 0 Å². The maximum atomic E-state index is 13.1. The van der Waals surface area contributed by atoms with E-state index in [1.807, 2.05) is 63.2 Å². The number of carbonyl (C=O) groups is 2. The molecule has 7 nitrogen and oxygen atoms in total. The Hall–Kier alpha value is -3.22. The predicted molar refractivity (Wildman–Crippen MR) is 118 cm³/mol. The van der Waals surface area contributed by atoms with E-state index in [0.717, 1.165) is 29.7 Å². The van der Waals surface area contributed by atoms with E-state index in [4.69, 9.17) is 9.47 Å². The van der Waals surface area contributed by atoms with Gasteiger partial charge in [-0.1, -0.05) is 18.2 Å². The molecule has 0 bridgehead atoms. The lowest BCUT2D eigenvalue weighted by Gasteiger charge is -2.35. The Morgan fingerprint density at radius 1 is 1.10 bits per heavy atom. The summed E-state index contributed by atoms with van der Waals surface area (Å²) < 4.78 is 10.8. The van der Waals surface area contributed by atoms with Crippen LogP contribution in [0.5, 0.6) is 11.5 Å². The lowest BCUT2D eigenvalue weighted by Crippen LogP contribution is -2.50. The van der Waals surface area contributed by atoms with Crippen molar-refractivity contribution < 1.29 is 19.1 Å². The molecule has 31 heavy (non-hydrogen) atoms. The van der Waals surface area contributed by atoms with Crippen molar-refractivity contribution in [2.45, 2.75) is 39.2 Å². The molecule has 0 spiro atoms. The van der Waals surface area contributed by atoms with E-state index >= 15 is 0 Å². The molecule has 0 saturated carbocycles. The minimum Gasteiger partial charge on any atom is -0.454 e. The van der Waals surface area contributed by atoms with Gasteiger partial charge in [0.1, 0.15) is 0 Å². The number of anilines is 1. The van der Waals surface area contributed by atoms with Crippen molar-refractivity contribution in [3.63, 3.8) is 0 Å². The van der Waals surface area contributed by atoms with E-state index in [0.29, 0.717) is 24.6 Å². The highest BCUT2D eigenvalue weighted by Gasteiger charge is 2.32. The summed E-state index contributed by atoms with van der Waals surface area (Å²) >= 11 is 0. The summed E-state index contributed by atoms with van der Waals surface area (Å²) in [6, 6.07) is 13.2. The second-order valence-electron chi connectivity index (χ2n) is 8.77. The number of hydrogen-bond donors (Lipinski definition) is 2. The Morgan fingerprint density at radius 2 is 1.90 bits per heavy atom. The summed E-state index contributed by atoms with van der Waals surface area (Å²) in [7, 11) is 0. The van der Waals surface area contributed by atoms with E-state index in [9.17, 15) is 9.59 Å². The van der Waals surface area contributed by atoms with Crippen LogP contribution in [-0.4, -0.2) is 36.7 Å². The number of benzene rings is 2. The fourth-order valence-corrected chi connectivity index (χ4v) is 4.07. The summed E-state index contributed by atoms with van der Waals surface area (Å²) in [4.78, 5) is 27.5. The van der Waals surface area contributed by atoms with Crippen molar-refractivity contribution in [1.29, 1.82) is 0 Å². The number of fused-ring (bicyclic) bond motifs is 1. The van der Waals surface area contributed by atoms with Crippen LogP contribution in [0.25, 0.3) is 0 Å². The Balaban J connectivity index is 1.38. The molecule has 2 aliphatic heterocycles.